The monoisotopic (exact) mass is 666 g/mol. The van der Waals surface area contributed by atoms with Crippen LogP contribution in [-0.4, -0.2) is 33.9 Å². The number of nitrogens with zero attached hydrogens (tertiary/aromatic N) is 5. The average Bonchev–Trinajstić information content (AvgIpc) is 3.61. The van der Waals surface area contributed by atoms with Gasteiger partial charge in [-0.3, -0.25) is 9.69 Å². The van der Waals surface area contributed by atoms with Gasteiger partial charge in [-0.05, 0) is 80.6 Å². The number of azo groups is 1. The smallest absolute Gasteiger partial charge is 0.335 e. The van der Waals surface area contributed by atoms with E-state index in [2.05, 4.69) is 32.7 Å². The Hall–Kier alpha value is -3.64. The fourth-order valence-corrected chi connectivity index (χ4v) is 7.87. The number of fused-ring (bicyclic) bond motifs is 1. The number of thiazole rings is 1. The number of aromatic nitrogens is 1. The van der Waals surface area contributed by atoms with E-state index in [1.165, 1.54) is 78.5 Å². The van der Waals surface area contributed by atoms with Crippen molar-refractivity contribution < 1.29 is 14.4 Å². The number of benzene rings is 2. The number of halogens is 2. The minimum absolute atomic E-state index is 0.0160. The van der Waals surface area contributed by atoms with Crippen LogP contribution in [0.5, 0.6) is 0 Å². The van der Waals surface area contributed by atoms with Gasteiger partial charge in [-0.15, -0.1) is 21.6 Å². The molecule has 1 saturated carbocycles. The summed E-state index contributed by atoms with van der Waals surface area (Å²) in [4.78, 5) is 47.4. The van der Waals surface area contributed by atoms with Crippen molar-refractivity contribution in [3.63, 3.8) is 0 Å². The number of rotatable bonds is 6. The minimum atomic E-state index is -0.830. The first-order valence-electron chi connectivity index (χ1n) is 14.2. The van der Waals surface area contributed by atoms with Gasteiger partial charge in [0.25, 0.3) is 5.91 Å². The zero-order chi connectivity index (χ0) is 31.0. The van der Waals surface area contributed by atoms with E-state index in [4.69, 9.17) is 23.2 Å². The molecule has 1 N–H and O–H groups in total. The summed E-state index contributed by atoms with van der Waals surface area (Å²) in [6.07, 6.45) is 7.98. The van der Waals surface area contributed by atoms with Gasteiger partial charge in [0.15, 0.2) is 0 Å². The molecule has 4 aromatic rings. The van der Waals surface area contributed by atoms with E-state index < -0.39 is 18.0 Å². The van der Waals surface area contributed by atoms with E-state index in [9.17, 15) is 14.4 Å². The number of imide groups is 3. The lowest BCUT2D eigenvalue weighted by Crippen LogP contribution is -2.46. The van der Waals surface area contributed by atoms with E-state index in [0.29, 0.717) is 25.7 Å². The Morgan fingerprint density at radius 1 is 1.00 bits per heavy atom. The lowest BCUT2D eigenvalue weighted by molar-refractivity contribution is -0.120. The summed E-state index contributed by atoms with van der Waals surface area (Å²) < 4.78 is 0.854. The predicted molar refractivity (Wildman–Crippen MR) is 177 cm³/mol. The first kappa shape index (κ1) is 30.4. The number of thiophene rings is 1. The topological polar surface area (TPSA) is 107 Å². The summed E-state index contributed by atoms with van der Waals surface area (Å²) in [5.41, 5.74) is 2.38. The molecule has 1 aliphatic heterocycles. The molecule has 0 spiro atoms. The highest BCUT2D eigenvalue weighted by Gasteiger charge is 2.46. The van der Waals surface area contributed by atoms with E-state index in [1.54, 1.807) is 19.9 Å². The lowest BCUT2D eigenvalue weighted by atomic mass is 9.84. The molecule has 1 aliphatic carbocycles. The quantitative estimate of drug-likeness (QED) is 0.125. The molecule has 2 aliphatic rings. The zero-order valence-corrected chi connectivity index (χ0v) is 27.1. The molecule has 13 heteroatoms. The number of hydrogen-bond donors (Lipinski definition) is 1. The molecule has 2 aromatic carbocycles. The van der Waals surface area contributed by atoms with Gasteiger partial charge in [0, 0.05) is 21.0 Å². The molecule has 6 rings (SSSR count). The van der Waals surface area contributed by atoms with E-state index >= 15 is 0 Å². The van der Waals surface area contributed by atoms with Crippen molar-refractivity contribution in [2.45, 2.75) is 57.9 Å². The highest BCUT2D eigenvalue weighted by Crippen LogP contribution is 2.39. The summed E-state index contributed by atoms with van der Waals surface area (Å²) in [5, 5.41) is 12.4. The van der Waals surface area contributed by atoms with Crippen LogP contribution in [0.15, 0.2) is 64.5 Å². The number of anilines is 1. The van der Waals surface area contributed by atoms with Gasteiger partial charge in [-0.25, -0.2) is 14.6 Å². The Labute approximate surface area is 272 Å². The van der Waals surface area contributed by atoms with Crippen molar-refractivity contribution in [2.75, 3.05) is 4.90 Å². The van der Waals surface area contributed by atoms with Crippen LogP contribution in [0.25, 0.3) is 15.6 Å². The van der Waals surface area contributed by atoms with Crippen molar-refractivity contribution in [3.05, 3.63) is 74.7 Å². The molecule has 2 aromatic heterocycles. The number of amides is 5. The SMILES string of the molecule is CC(C)NC(=O)N1C(=O)/C(=C\c2cc3sc(/N=N/c4ccc(C5CCCCC5)cc4)nc3s2)N(c2cc(Cl)cc(Cl)c2)C1=O. The second-order valence-corrected chi connectivity index (χ2v) is 13.9. The molecule has 5 amide bonds. The standard InChI is InChI=1S/C31H28Cl2N6O3S2/c1-17(2)34-30(41)39-28(40)25(38(31(39)42)23-13-20(32)12-21(33)14-23)15-24-16-26-27(43-24)35-29(44-26)37-36-22-10-8-19(9-11-22)18-6-4-3-5-7-18/h8-18H,3-7H2,1-2H3,(H,34,41)/b25-15+,37-36+. The first-order chi connectivity index (χ1) is 21.2. The largest absolute Gasteiger partial charge is 0.344 e. The van der Waals surface area contributed by atoms with Gasteiger partial charge in [0.1, 0.15) is 10.5 Å². The number of nitrogens with one attached hydrogen (secondary N) is 1. The van der Waals surface area contributed by atoms with Gasteiger partial charge in [-0.1, -0.05) is 65.9 Å². The van der Waals surface area contributed by atoms with Crippen molar-refractivity contribution in [3.8, 4) is 0 Å². The first-order valence-corrected chi connectivity index (χ1v) is 16.6. The van der Waals surface area contributed by atoms with Crippen molar-refractivity contribution in [1.82, 2.24) is 15.2 Å². The van der Waals surface area contributed by atoms with E-state index in [-0.39, 0.29) is 27.5 Å². The summed E-state index contributed by atoms with van der Waals surface area (Å²) in [5.74, 6) is -0.129. The third-order valence-corrected chi connectivity index (χ3v) is 9.79. The van der Waals surface area contributed by atoms with Crippen molar-refractivity contribution in [2.24, 2.45) is 10.2 Å². The minimum Gasteiger partial charge on any atom is -0.335 e. The molecule has 2 fully saturated rings. The normalized spacial score (nSPS) is 17.2. The van der Waals surface area contributed by atoms with Crippen LogP contribution >= 0.6 is 45.9 Å². The molecule has 0 radical (unpaired) electrons. The van der Waals surface area contributed by atoms with Crippen LogP contribution in [0.1, 0.15) is 62.3 Å². The maximum atomic E-state index is 13.5. The molecule has 3 heterocycles. The second kappa shape index (κ2) is 12.8. The lowest BCUT2D eigenvalue weighted by Gasteiger charge is -2.21. The number of carbonyl (C=O) groups is 3. The Balaban J connectivity index is 1.25. The molecular formula is C31H28Cl2N6O3S2. The van der Waals surface area contributed by atoms with Crippen LogP contribution in [0.3, 0.4) is 0 Å². The van der Waals surface area contributed by atoms with Crippen LogP contribution in [0.2, 0.25) is 10.0 Å². The third kappa shape index (κ3) is 6.41. The van der Waals surface area contributed by atoms with Crippen LogP contribution in [0, 0.1) is 0 Å². The molecule has 9 nitrogen and oxygen atoms in total. The van der Waals surface area contributed by atoms with Gasteiger partial charge in [0.2, 0.25) is 5.13 Å². The highest BCUT2D eigenvalue weighted by atomic mass is 35.5. The Morgan fingerprint density at radius 3 is 2.36 bits per heavy atom. The fraction of sp³-hybridized carbons (Fsp3) is 0.290. The van der Waals surface area contributed by atoms with Gasteiger partial charge < -0.3 is 5.32 Å². The summed E-state index contributed by atoms with van der Waals surface area (Å²) in [6.45, 7) is 3.47. The molecule has 0 unspecified atom stereocenters. The molecule has 0 bridgehead atoms. The zero-order valence-electron chi connectivity index (χ0n) is 23.9. The molecular weight excluding hydrogens is 639 g/mol. The highest BCUT2D eigenvalue weighted by molar-refractivity contribution is 7.29. The van der Waals surface area contributed by atoms with E-state index in [0.717, 1.165) is 15.3 Å². The summed E-state index contributed by atoms with van der Waals surface area (Å²) in [6, 6.07) is 12.7. The fourth-order valence-electron chi connectivity index (χ4n) is 5.37. The number of carbonyl (C=O) groups excluding carboxylic acids is 3. The van der Waals surface area contributed by atoms with Crippen molar-refractivity contribution in [1.29, 1.82) is 0 Å². The van der Waals surface area contributed by atoms with Gasteiger partial charge in [-0.2, -0.15) is 4.90 Å². The third-order valence-electron chi connectivity index (χ3n) is 7.36. The van der Waals surface area contributed by atoms with Crippen LogP contribution in [-0.2, 0) is 4.79 Å². The average molecular weight is 668 g/mol. The summed E-state index contributed by atoms with van der Waals surface area (Å²) >= 11 is 15.1. The van der Waals surface area contributed by atoms with Crippen LogP contribution < -0.4 is 10.2 Å². The summed E-state index contributed by atoms with van der Waals surface area (Å²) in [7, 11) is 0. The molecule has 0 atom stereocenters. The predicted octanol–water partition coefficient (Wildman–Crippen LogP) is 10.1. The van der Waals surface area contributed by atoms with Gasteiger partial charge >= 0.3 is 12.1 Å². The maximum Gasteiger partial charge on any atom is 0.344 e. The van der Waals surface area contributed by atoms with E-state index in [1.807, 2.05) is 18.2 Å². The molecule has 44 heavy (non-hydrogen) atoms. The van der Waals surface area contributed by atoms with Crippen LogP contribution in [0.4, 0.5) is 26.1 Å². The molecule has 1 saturated heterocycles. The van der Waals surface area contributed by atoms with Gasteiger partial charge in [0.05, 0.1) is 16.1 Å². The Morgan fingerprint density at radius 2 is 1.70 bits per heavy atom. The Bertz CT molecular complexity index is 1760. The Kier molecular flexibility index (Phi) is 8.82. The van der Waals surface area contributed by atoms with Crippen molar-refractivity contribution >= 4 is 96.0 Å². The number of hydrogen-bond acceptors (Lipinski definition) is 8. The second-order valence-electron chi connectivity index (χ2n) is 11.0. The number of urea groups is 2. The maximum absolute atomic E-state index is 13.5. The molecule has 226 valence electrons.